The lowest BCUT2D eigenvalue weighted by Gasteiger charge is -2.14. The van der Waals surface area contributed by atoms with Crippen LogP contribution in [0.4, 0.5) is 0 Å². The maximum atomic E-state index is 12.1. The molecule has 0 unspecified atom stereocenters. The summed E-state index contributed by atoms with van der Waals surface area (Å²) >= 11 is 4.05. The molecule has 0 aliphatic heterocycles. The molecule has 0 aliphatic carbocycles. The van der Waals surface area contributed by atoms with E-state index in [1.165, 1.54) is 4.09 Å². The van der Waals surface area contributed by atoms with E-state index in [0.717, 1.165) is 11.1 Å². The first-order valence-electron chi connectivity index (χ1n) is 6.64. The summed E-state index contributed by atoms with van der Waals surface area (Å²) in [7, 11) is 0. The number of hydrogen-bond donors (Lipinski definition) is 1. The highest BCUT2D eigenvalue weighted by atomic mass is 32.1. The number of esters is 1. The average molecular weight is 306 g/mol. The Balaban J connectivity index is 2.19. The molecule has 0 bridgehead atoms. The van der Waals surface area contributed by atoms with Gasteiger partial charge in [-0.15, -0.1) is 5.10 Å². The second-order valence-electron chi connectivity index (χ2n) is 4.92. The van der Waals surface area contributed by atoms with Crippen molar-refractivity contribution in [1.82, 2.24) is 9.19 Å². The molecule has 1 heterocycles. The SMILES string of the molecule is Cc1cccc(C(=O)OC(C)C)c1COc1ccn(S)n1. The Bertz CT molecular complexity index is 638. The molecule has 21 heavy (non-hydrogen) atoms. The van der Waals surface area contributed by atoms with Gasteiger partial charge in [0.2, 0.25) is 5.88 Å². The molecule has 0 atom stereocenters. The highest BCUT2D eigenvalue weighted by molar-refractivity contribution is 7.78. The fraction of sp³-hybridized carbons (Fsp3) is 0.333. The number of aromatic nitrogens is 2. The summed E-state index contributed by atoms with van der Waals surface area (Å²) in [5.41, 5.74) is 2.30. The third-order valence-corrected chi connectivity index (χ3v) is 3.11. The van der Waals surface area contributed by atoms with Crippen LogP contribution in [0.5, 0.6) is 5.88 Å². The second-order valence-corrected chi connectivity index (χ2v) is 5.33. The zero-order chi connectivity index (χ0) is 15.4. The average Bonchev–Trinajstić information content (AvgIpc) is 2.82. The van der Waals surface area contributed by atoms with E-state index < -0.39 is 0 Å². The number of benzene rings is 1. The minimum Gasteiger partial charge on any atom is -0.472 e. The maximum absolute atomic E-state index is 12.1. The van der Waals surface area contributed by atoms with E-state index in [1.54, 1.807) is 18.3 Å². The van der Waals surface area contributed by atoms with Crippen LogP contribution in [0.25, 0.3) is 0 Å². The summed E-state index contributed by atoms with van der Waals surface area (Å²) in [6.45, 7) is 5.83. The first-order valence-corrected chi connectivity index (χ1v) is 7.04. The van der Waals surface area contributed by atoms with Crippen LogP contribution in [0.15, 0.2) is 30.5 Å². The molecule has 2 aromatic rings. The Morgan fingerprint density at radius 3 is 2.76 bits per heavy atom. The lowest BCUT2D eigenvalue weighted by Crippen LogP contribution is -2.15. The van der Waals surface area contributed by atoms with Crippen LogP contribution in [0.3, 0.4) is 0 Å². The first kappa shape index (κ1) is 15.4. The Kier molecular flexibility index (Phi) is 4.90. The van der Waals surface area contributed by atoms with Crippen molar-refractivity contribution in [3.05, 3.63) is 47.2 Å². The van der Waals surface area contributed by atoms with Crippen molar-refractivity contribution in [2.24, 2.45) is 0 Å². The fourth-order valence-electron chi connectivity index (χ4n) is 1.88. The molecule has 0 saturated heterocycles. The molecule has 0 saturated carbocycles. The smallest absolute Gasteiger partial charge is 0.338 e. The van der Waals surface area contributed by atoms with E-state index in [2.05, 4.69) is 17.9 Å². The van der Waals surface area contributed by atoms with E-state index in [-0.39, 0.29) is 18.7 Å². The first-order chi connectivity index (χ1) is 9.97. The van der Waals surface area contributed by atoms with E-state index in [1.807, 2.05) is 32.9 Å². The summed E-state index contributed by atoms with van der Waals surface area (Å²) in [5, 5.41) is 4.02. The standard InChI is InChI=1S/C15H18N2O3S/c1-10(2)20-15(18)12-6-4-5-11(3)13(12)9-19-14-7-8-17(21)16-14/h4-8,10,21H,9H2,1-3H3. The van der Waals surface area contributed by atoms with Crippen molar-refractivity contribution in [2.45, 2.75) is 33.5 Å². The fourth-order valence-corrected chi connectivity index (χ4v) is 2.04. The molecule has 0 aliphatic rings. The zero-order valence-electron chi connectivity index (χ0n) is 12.2. The molecular weight excluding hydrogens is 288 g/mol. The summed E-state index contributed by atoms with van der Waals surface area (Å²) < 4.78 is 12.2. The minimum atomic E-state index is -0.341. The van der Waals surface area contributed by atoms with Gasteiger partial charge in [0, 0.05) is 17.8 Å². The Morgan fingerprint density at radius 2 is 2.14 bits per heavy atom. The highest BCUT2D eigenvalue weighted by Crippen LogP contribution is 2.19. The van der Waals surface area contributed by atoms with E-state index in [0.29, 0.717) is 11.4 Å². The predicted molar refractivity (Wildman–Crippen MR) is 82.7 cm³/mol. The molecule has 0 N–H and O–H groups in total. The van der Waals surface area contributed by atoms with Crippen LogP contribution < -0.4 is 4.74 Å². The van der Waals surface area contributed by atoms with Crippen LogP contribution >= 0.6 is 12.8 Å². The van der Waals surface area contributed by atoms with Gasteiger partial charge in [0.1, 0.15) is 6.61 Å². The van der Waals surface area contributed by atoms with Gasteiger partial charge in [-0.1, -0.05) is 12.1 Å². The van der Waals surface area contributed by atoms with Gasteiger partial charge in [0.05, 0.1) is 11.7 Å². The molecular formula is C15H18N2O3S. The van der Waals surface area contributed by atoms with Crippen molar-refractivity contribution in [3.63, 3.8) is 0 Å². The largest absolute Gasteiger partial charge is 0.472 e. The molecule has 1 aromatic carbocycles. The molecule has 6 heteroatoms. The number of rotatable bonds is 5. The number of aryl methyl sites for hydroxylation is 1. The molecule has 112 valence electrons. The van der Waals surface area contributed by atoms with Gasteiger partial charge in [-0.3, -0.25) is 0 Å². The van der Waals surface area contributed by atoms with Gasteiger partial charge in [0.15, 0.2) is 0 Å². The van der Waals surface area contributed by atoms with Gasteiger partial charge < -0.3 is 9.47 Å². The van der Waals surface area contributed by atoms with Crippen LogP contribution in [0.1, 0.15) is 35.3 Å². The zero-order valence-corrected chi connectivity index (χ0v) is 13.1. The van der Waals surface area contributed by atoms with Gasteiger partial charge in [-0.05, 0) is 45.2 Å². The monoisotopic (exact) mass is 306 g/mol. The van der Waals surface area contributed by atoms with Crippen LogP contribution in [-0.2, 0) is 11.3 Å². The van der Waals surface area contributed by atoms with Gasteiger partial charge in [-0.25, -0.2) is 8.88 Å². The summed E-state index contributed by atoms with van der Waals surface area (Å²) in [4.78, 5) is 12.1. The number of hydrogen-bond acceptors (Lipinski definition) is 5. The maximum Gasteiger partial charge on any atom is 0.338 e. The third kappa shape index (κ3) is 4.01. The van der Waals surface area contributed by atoms with Gasteiger partial charge in [-0.2, -0.15) is 0 Å². The molecule has 2 rings (SSSR count). The molecule has 0 spiro atoms. The van der Waals surface area contributed by atoms with E-state index >= 15 is 0 Å². The van der Waals surface area contributed by atoms with Crippen molar-refractivity contribution in [3.8, 4) is 5.88 Å². The van der Waals surface area contributed by atoms with Crippen molar-refractivity contribution >= 4 is 18.8 Å². The molecule has 0 fully saturated rings. The van der Waals surface area contributed by atoms with Crippen molar-refractivity contribution in [2.75, 3.05) is 0 Å². The molecule has 0 amide bonds. The molecule has 1 aromatic heterocycles. The summed E-state index contributed by atoms with van der Waals surface area (Å²) in [6, 6.07) is 7.21. The van der Waals surface area contributed by atoms with Crippen LogP contribution in [0, 0.1) is 6.92 Å². The number of nitrogens with zero attached hydrogens (tertiary/aromatic N) is 2. The van der Waals surface area contributed by atoms with Gasteiger partial charge >= 0.3 is 5.97 Å². The predicted octanol–water partition coefficient (Wildman–Crippen LogP) is 3.03. The number of carbonyl (C=O) groups is 1. The lowest BCUT2D eigenvalue weighted by atomic mass is 10.0. The number of carbonyl (C=O) groups excluding carboxylic acids is 1. The van der Waals surface area contributed by atoms with Crippen LogP contribution in [-0.4, -0.2) is 21.3 Å². The van der Waals surface area contributed by atoms with E-state index in [4.69, 9.17) is 9.47 Å². The summed E-state index contributed by atoms with van der Waals surface area (Å²) in [6.07, 6.45) is 1.51. The second kappa shape index (κ2) is 6.67. The third-order valence-electron chi connectivity index (χ3n) is 2.89. The number of thiol groups is 1. The lowest BCUT2D eigenvalue weighted by molar-refractivity contribution is 0.0374. The molecule has 0 radical (unpaired) electrons. The highest BCUT2D eigenvalue weighted by Gasteiger charge is 2.16. The Hall–Kier alpha value is -1.95. The van der Waals surface area contributed by atoms with Gasteiger partial charge in [0.25, 0.3) is 0 Å². The molecule has 5 nitrogen and oxygen atoms in total. The Morgan fingerprint density at radius 1 is 1.38 bits per heavy atom. The topological polar surface area (TPSA) is 53.4 Å². The van der Waals surface area contributed by atoms with Crippen molar-refractivity contribution < 1.29 is 14.3 Å². The number of ether oxygens (including phenoxy) is 2. The van der Waals surface area contributed by atoms with E-state index in [9.17, 15) is 4.79 Å². The summed E-state index contributed by atoms with van der Waals surface area (Å²) in [5.74, 6) is 0.114. The quantitative estimate of drug-likeness (QED) is 0.681. The Labute approximate surface area is 129 Å². The van der Waals surface area contributed by atoms with Crippen molar-refractivity contribution in [1.29, 1.82) is 0 Å². The van der Waals surface area contributed by atoms with Crippen LogP contribution in [0.2, 0.25) is 0 Å². The normalized spacial score (nSPS) is 10.7. The minimum absolute atomic E-state index is 0.160.